The van der Waals surface area contributed by atoms with Gasteiger partial charge in [-0.2, -0.15) is 0 Å². The lowest BCUT2D eigenvalue weighted by atomic mass is 9.95. The number of hydrogen-bond donors (Lipinski definition) is 1. The van der Waals surface area contributed by atoms with Crippen LogP contribution in [-0.2, 0) is 17.8 Å². The van der Waals surface area contributed by atoms with Crippen molar-refractivity contribution in [3.8, 4) is 0 Å². The summed E-state index contributed by atoms with van der Waals surface area (Å²) < 4.78 is 13.6. The third-order valence-electron chi connectivity index (χ3n) is 5.16. The molecule has 1 heterocycles. The number of nitrogens with one attached hydrogen (secondary N) is 1. The Hall–Kier alpha value is -2.80. The van der Waals surface area contributed by atoms with E-state index < -0.39 is 4.92 Å². The molecule has 0 atom stereocenters. The summed E-state index contributed by atoms with van der Waals surface area (Å²) in [5, 5.41) is 13.6. The van der Waals surface area contributed by atoms with Crippen LogP contribution < -0.4 is 5.32 Å². The molecule has 28 heavy (non-hydrogen) atoms. The van der Waals surface area contributed by atoms with Gasteiger partial charge in [-0.25, -0.2) is 4.39 Å². The largest absolute Gasteiger partial charge is 0.356 e. The zero-order valence-corrected chi connectivity index (χ0v) is 15.6. The van der Waals surface area contributed by atoms with Crippen LogP contribution in [0.1, 0.15) is 24.0 Å². The quantitative estimate of drug-likeness (QED) is 0.586. The highest BCUT2D eigenvalue weighted by atomic mass is 19.1. The van der Waals surface area contributed by atoms with Gasteiger partial charge in [-0.05, 0) is 49.5 Å². The van der Waals surface area contributed by atoms with E-state index >= 15 is 0 Å². The van der Waals surface area contributed by atoms with Crippen LogP contribution in [0.2, 0.25) is 0 Å². The first kappa shape index (κ1) is 19.9. The summed E-state index contributed by atoms with van der Waals surface area (Å²) in [6.45, 7) is 2.77. The van der Waals surface area contributed by atoms with Gasteiger partial charge < -0.3 is 5.32 Å². The van der Waals surface area contributed by atoms with E-state index in [1.807, 2.05) is 0 Å². The number of piperidine rings is 1. The number of nitrogens with zero attached hydrogens (tertiary/aromatic N) is 2. The van der Waals surface area contributed by atoms with Crippen LogP contribution in [0, 0.1) is 21.8 Å². The molecule has 1 saturated heterocycles. The lowest BCUT2D eigenvalue weighted by Crippen LogP contribution is -2.40. The van der Waals surface area contributed by atoms with Gasteiger partial charge in [-0.15, -0.1) is 0 Å². The molecule has 2 aromatic rings. The maximum Gasteiger partial charge on any atom is 0.269 e. The van der Waals surface area contributed by atoms with E-state index in [4.69, 9.17) is 0 Å². The fraction of sp³-hybridized carbons (Fsp3) is 0.381. The molecule has 1 aliphatic rings. The fourth-order valence-electron chi connectivity index (χ4n) is 3.50. The second-order valence-corrected chi connectivity index (χ2v) is 7.11. The normalized spacial score (nSPS) is 15.3. The molecule has 0 spiro atoms. The van der Waals surface area contributed by atoms with Crippen molar-refractivity contribution >= 4 is 11.6 Å². The summed E-state index contributed by atoms with van der Waals surface area (Å²) >= 11 is 0. The standard InChI is InChI=1S/C21H24FN3O3/c22-20-4-2-1-3-17(20)9-12-23-21(26)18-10-13-24(14-11-18)15-16-5-7-19(8-6-16)25(27)28/h1-8,18H,9-15H2,(H,23,26). The van der Waals surface area contributed by atoms with Crippen molar-refractivity contribution < 1.29 is 14.1 Å². The molecule has 7 heteroatoms. The Balaban J connectivity index is 1.40. The first-order valence-corrected chi connectivity index (χ1v) is 9.50. The molecule has 0 saturated carbocycles. The fourth-order valence-corrected chi connectivity index (χ4v) is 3.50. The Kier molecular flexibility index (Phi) is 6.71. The topological polar surface area (TPSA) is 75.5 Å². The zero-order chi connectivity index (χ0) is 19.9. The number of nitro groups is 1. The van der Waals surface area contributed by atoms with Crippen LogP contribution in [0.3, 0.4) is 0 Å². The minimum Gasteiger partial charge on any atom is -0.356 e. The van der Waals surface area contributed by atoms with Gasteiger partial charge >= 0.3 is 0 Å². The minimum absolute atomic E-state index is 0.0197. The highest BCUT2D eigenvalue weighted by Gasteiger charge is 2.24. The monoisotopic (exact) mass is 385 g/mol. The SMILES string of the molecule is O=C(NCCc1ccccc1F)C1CCN(Cc2ccc([N+](=O)[O-])cc2)CC1. The number of benzene rings is 2. The summed E-state index contributed by atoms with van der Waals surface area (Å²) in [6.07, 6.45) is 2.04. The predicted molar refractivity (Wildman–Crippen MR) is 104 cm³/mol. The Bertz CT molecular complexity index is 818. The average Bonchev–Trinajstić information content (AvgIpc) is 2.70. The van der Waals surface area contributed by atoms with Crippen LogP contribution >= 0.6 is 0 Å². The Morgan fingerprint density at radius 3 is 2.46 bits per heavy atom. The van der Waals surface area contributed by atoms with Gasteiger partial charge in [0.15, 0.2) is 0 Å². The highest BCUT2D eigenvalue weighted by Crippen LogP contribution is 2.20. The summed E-state index contributed by atoms with van der Waals surface area (Å²) in [6, 6.07) is 13.2. The molecule has 2 aromatic carbocycles. The van der Waals surface area contributed by atoms with Crippen molar-refractivity contribution in [2.45, 2.75) is 25.8 Å². The Morgan fingerprint density at radius 2 is 1.82 bits per heavy atom. The lowest BCUT2D eigenvalue weighted by molar-refractivity contribution is -0.384. The summed E-state index contributed by atoms with van der Waals surface area (Å²) in [7, 11) is 0. The Morgan fingerprint density at radius 1 is 1.14 bits per heavy atom. The van der Waals surface area contributed by atoms with Gasteiger partial charge in [0.2, 0.25) is 5.91 Å². The summed E-state index contributed by atoms with van der Waals surface area (Å²) in [5.74, 6) is -0.226. The summed E-state index contributed by atoms with van der Waals surface area (Å²) in [5.41, 5.74) is 1.73. The molecule has 0 aliphatic carbocycles. The van der Waals surface area contributed by atoms with E-state index in [0.717, 1.165) is 38.0 Å². The molecule has 6 nitrogen and oxygen atoms in total. The molecular formula is C21H24FN3O3. The van der Waals surface area contributed by atoms with Gasteiger partial charge in [0, 0.05) is 31.1 Å². The summed E-state index contributed by atoms with van der Waals surface area (Å²) in [4.78, 5) is 24.9. The highest BCUT2D eigenvalue weighted by molar-refractivity contribution is 5.78. The molecule has 1 N–H and O–H groups in total. The number of non-ortho nitro benzene ring substituents is 1. The van der Waals surface area contributed by atoms with Gasteiger partial charge in [0.25, 0.3) is 5.69 Å². The number of carbonyl (C=O) groups excluding carboxylic acids is 1. The molecule has 0 unspecified atom stereocenters. The molecule has 3 rings (SSSR count). The zero-order valence-electron chi connectivity index (χ0n) is 15.6. The number of likely N-dealkylation sites (tertiary alicyclic amines) is 1. The van der Waals surface area contributed by atoms with Crippen molar-refractivity contribution in [2.24, 2.45) is 5.92 Å². The molecule has 1 amide bonds. The number of amides is 1. The van der Waals surface area contributed by atoms with Crippen molar-refractivity contribution in [3.63, 3.8) is 0 Å². The number of rotatable bonds is 7. The number of halogens is 1. The average molecular weight is 385 g/mol. The van der Waals surface area contributed by atoms with E-state index in [-0.39, 0.29) is 23.3 Å². The number of nitro benzene ring substituents is 1. The molecule has 1 aliphatic heterocycles. The number of hydrogen-bond acceptors (Lipinski definition) is 4. The predicted octanol–water partition coefficient (Wildman–Crippen LogP) is 3.30. The van der Waals surface area contributed by atoms with E-state index in [9.17, 15) is 19.3 Å². The molecule has 1 fully saturated rings. The van der Waals surface area contributed by atoms with Gasteiger partial charge in [-0.3, -0.25) is 19.8 Å². The third-order valence-corrected chi connectivity index (χ3v) is 5.16. The van der Waals surface area contributed by atoms with E-state index in [0.29, 0.717) is 18.5 Å². The van der Waals surface area contributed by atoms with Crippen LogP contribution in [0.5, 0.6) is 0 Å². The van der Waals surface area contributed by atoms with Crippen molar-refractivity contribution in [3.05, 3.63) is 75.6 Å². The van der Waals surface area contributed by atoms with E-state index in [2.05, 4.69) is 10.2 Å². The van der Waals surface area contributed by atoms with Gasteiger partial charge in [-0.1, -0.05) is 30.3 Å². The number of carbonyl (C=O) groups is 1. The van der Waals surface area contributed by atoms with Crippen molar-refractivity contribution in [1.82, 2.24) is 10.2 Å². The van der Waals surface area contributed by atoms with Gasteiger partial charge in [0.1, 0.15) is 5.82 Å². The van der Waals surface area contributed by atoms with Crippen LogP contribution in [-0.4, -0.2) is 35.4 Å². The van der Waals surface area contributed by atoms with Crippen LogP contribution in [0.15, 0.2) is 48.5 Å². The molecule has 148 valence electrons. The molecule has 0 aromatic heterocycles. The Labute approximate surface area is 163 Å². The maximum atomic E-state index is 13.6. The van der Waals surface area contributed by atoms with Crippen molar-refractivity contribution in [2.75, 3.05) is 19.6 Å². The van der Waals surface area contributed by atoms with Crippen LogP contribution in [0.25, 0.3) is 0 Å². The molecule has 0 radical (unpaired) electrons. The first-order chi connectivity index (χ1) is 13.5. The lowest BCUT2D eigenvalue weighted by Gasteiger charge is -2.31. The minimum atomic E-state index is -0.403. The second kappa shape index (κ2) is 9.41. The smallest absolute Gasteiger partial charge is 0.269 e. The van der Waals surface area contributed by atoms with Crippen LogP contribution in [0.4, 0.5) is 10.1 Å². The third kappa shape index (κ3) is 5.36. The second-order valence-electron chi connectivity index (χ2n) is 7.11. The van der Waals surface area contributed by atoms with E-state index in [1.54, 1.807) is 30.3 Å². The molecule has 0 bridgehead atoms. The van der Waals surface area contributed by atoms with Gasteiger partial charge in [0.05, 0.1) is 4.92 Å². The maximum absolute atomic E-state index is 13.6. The molecular weight excluding hydrogens is 361 g/mol. The van der Waals surface area contributed by atoms with E-state index in [1.165, 1.54) is 18.2 Å². The van der Waals surface area contributed by atoms with Crippen molar-refractivity contribution in [1.29, 1.82) is 0 Å². The first-order valence-electron chi connectivity index (χ1n) is 9.50.